The first-order valence-electron chi connectivity index (χ1n) is 9.17. The van der Waals surface area contributed by atoms with Gasteiger partial charge in [-0.15, -0.1) is 0 Å². The Hall–Kier alpha value is -3.64. The Balaban J connectivity index is 1.75. The molecule has 2 N–H and O–H groups in total. The van der Waals surface area contributed by atoms with Crippen molar-refractivity contribution in [1.82, 2.24) is 0 Å². The third kappa shape index (κ3) is 5.04. The van der Waals surface area contributed by atoms with Crippen molar-refractivity contribution in [3.05, 3.63) is 88.9 Å². The molecular weight excluding hydrogens is 402 g/mol. The van der Waals surface area contributed by atoms with Gasteiger partial charge in [-0.1, -0.05) is 23.7 Å². The predicted octanol–water partition coefficient (Wildman–Crippen LogP) is 4.83. The number of nitrogens with zero attached hydrogens (tertiary/aromatic N) is 1. The number of rotatable bonds is 5. The number of hydrogen-bond acceptors (Lipinski definition) is 3. The normalized spacial score (nSPS) is 10.2. The van der Waals surface area contributed by atoms with Crippen LogP contribution >= 0.6 is 11.6 Å². The Morgan fingerprint density at radius 2 is 1.43 bits per heavy atom. The number of halogens is 1. The zero-order valence-corrected chi connectivity index (χ0v) is 17.2. The first-order valence-corrected chi connectivity index (χ1v) is 9.54. The maximum Gasteiger partial charge on any atom is 0.257 e. The van der Waals surface area contributed by atoms with Crippen molar-refractivity contribution in [2.24, 2.45) is 0 Å². The summed E-state index contributed by atoms with van der Waals surface area (Å²) in [6.07, 6.45) is 0. The Morgan fingerprint density at radius 3 is 2.07 bits per heavy atom. The maximum absolute atomic E-state index is 12.7. The maximum atomic E-state index is 12.7. The van der Waals surface area contributed by atoms with Crippen LogP contribution < -0.4 is 15.5 Å². The number of nitrogens with one attached hydrogen (secondary N) is 2. The van der Waals surface area contributed by atoms with Gasteiger partial charge in [0.05, 0.1) is 11.3 Å². The molecule has 0 saturated heterocycles. The second-order valence-electron chi connectivity index (χ2n) is 6.59. The molecule has 0 aliphatic carbocycles. The second kappa shape index (κ2) is 9.24. The Bertz CT molecular complexity index is 1080. The largest absolute Gasteiger partial charge is 0.322 e. The van der Waals surface area contributed by atoms with Gasteiger partial charge in [-0.3, -0.25) is 14.4 Å². The fourth-order valence-electron chi connectivity index (χ4n) is 2.73. The summed E-state index contributed by atoms with van der Waals surface area (Å²) < 4.78 is 0. The molecule has 30 heavy (non-hydrogen) atoms. The summed E-state index contributed by atoms with van der Waals surface area (Å²) in [7, 11) is 1.66. The van der Waals surface area contributed by atoms with E-state index in [0.29, 0.717) is 33.2 Å². The van der Waals surface area contributed by atoms with Gasteiger partial charge < -0.3 is 15.5 Å². The van der Waals surface area contributed by atoms with Crippen molar-refractivity contribution in [1.29, 1.82) is 0 Å². The first-order chi connectivity index (χ1) is 14.3. The zero-order valence-electron chi connectivity index (χ0n) is 16.5. The highest BCUT2D eigenvalue weighted by atomic mass is 35.5. The molecule has 0 aromatic heterocycles. The average molecular weight is 422 g/mol. The van der Waals surface area contributed by atoms with Crippen LogP contribution in [0.5, 0.6) is 0 Å². The summed E-state index contributed by atoms with van der Waals surface area (Å²) in [5.41, 5.74) is 2.40. The van der Waals surface area contributed by atoms with E-state index in [9.17, 15) is 14.4 Å². The van der Waals surface area contributed by atoms with Gasteiger partial charge in [0.1, 0.15) is 0 Å². The predicted molar refractivity (Wildman–Crippen MR) is 119 cm³/mol. The van der Waals surface area contributed by atoms with E-state index in [1.165, 1.54) is 11.8 Å². The summed E-state index contributed by atoms with van der Waals surface area (Å²) in [6, 6.07) is 20.1. The number of para-hydroxylation sites is 1. The smallest absolute Gasteiger partial charge is 0.257 e. The van der Waals surface area contributed by atoms with Gasteiger partial charge in [-0.2, -0.15) is 0 Å². The monoisotopic (exact) mass is 421 g/mol. The fourth-order valence-corrected chi connectivity index (χ4v) is 2.86. The number of amides is 3. The molecule has 0 bridgehead atoms. The van der Waals surface area contributed by atoms with Crippen LogP contribution in [0.2, 0.25) is 5.02 Å². The number of hydrogen-bond donors (Lipinski definition) is 2. The SMILES string of the molecule is CC(=O)N(C)c1ccc(C(=O)Nc2ccccc2C(=O)Nc2ccc(Cl)cc2)cc1. The molecule has 3 aromatic carbocycles. The molecule has 3 aromatic rings. The number of benzene rings is 3. The van der Waals surface area contributed by atoms with Crippen molar-refractivity contribution < 1.29 is 14.4 Å². The van der Waals surface area contributed by atoms with E-state index in [1.807, 2.05) is 0 Å². The summed E-state index contributed by atoms with van der Waals surface area (Å²) in [5.74, 6) is -0.821. The molecule has 0 radical (unpaired) electrons. The molecular formula is C23H20ClN3O3. The average Bonchev–Trinajstić information content (AvgIpc) is 2.75. The lowest BCUT2D eigenvalue weighted by Crippen LogP contribution is -2.23. The van der Waals surface area contributed by atoms with Crippen LogP contribution in [-0.2, 0) is 4.79 Å². The van der Waals surface area contributed by atoms with E-state index in [4.69, 9.17) is 11.6 Å². The van der Waals surface area contributed by atoms with E-state index in [2.05, 4.69) is 10.6 Å². The van der Waals surface area contributed by atoms with Crippen molar-refractivity contribution >= 4 is 46.4 Å². The van der Waals surface area contributed by atoms with Crippen LogP contribution in [-0.4, -0.2) is 24.8 Å². The van der Waals surface area contributed by atoms with E-state index < -0.39 is 0 Å². The number of carbonyl (C=O) groups is 3. The molecule has 0 fully saturated rings. The van der Waals surface area contributed by atoms with Crippen molar-refractivity contribution in [2.75, 3.05) is 22.6 Å². The molecule has 3 amide bonds. The highest BCUT2D eigenvalue weighted by Gasteiger charge is 2.15. The minimum Gasteiger partial charge on any atom is -0.322 e. The van der Waals surface area contributed by atoms with Crippen LogP contribution in [0.1, 0.15) is 27.6 Å². The van der Waals surface area contributed by atoms with E-state index >= 15 is 0 Å². The van der Waals surface area contributed by atoms with Crippen LogP contribution in [0.3, 0.4) is 0 Å². The van der Waals surface area contributed by atoms with Gasteiger partial charge in [0.15, 0.2) is 0 Å². The van der Waals surface area contributed by atoms with Gasteiger partial charge in [-0.25, -0.2) is 0 Å². The standard InChI is InChI=1S/C23H20ClN3O3/c1-15(28)27(2)19-13-7-16(8-14-19)22(29)26-21-6-4-3-5-20(21)23(30)25-18-11-9-17(24)10-12-18/h3-14H,1-2H3,(H,25,30)(H,26,29). The van der Waals surface area contributed by atoms with Crippen molar-refractivity contribution in [3.63, 3.8) is 0 Å². The molecule has 0 saturated carbocycles. The highest BCUT2D eigenvalue weighted by Crippen LogP contribution is 2.20. The quantitative estimate of drug-likeness (QED) is 0.619. The van der Waals surface area contributed by atoms with Gasteiger partial charge in [0.2, 0.25) is 5.91 Å². The minimum atomic E-state index is -0.362. The molecule has 0 heterocycles. The molecule has 0 spiro atoms. The Morgan fingerprint density at radius 1 is 0.800 bits per heavy atom. The van der Waals surface area contributed by atoms with Gasteiger partial charge in [-0.05, 0) is 60.7 Å². The summed E-state index contributed by atoms with van der Waals surface area (Å²) in [5, 5.41) is 6.13. The van der Waals surface area contributed by atoms with Gasteiger partial charge >= 0.3 is 0 Å². The molecule has 0 aliphatic heterocycles. The molecule has 0 unspecified atom stereocenters. The van der Waals surface area contributed by atoms with Gasteiger partial charge in [0, 0.05) is 35.9 Å². The van der Waals surface area contributed by atoms with Crippen LogP contribution in [0, 0.1) is 0 Å². The second-order valence-corrected chi connectivity index (χ2v) is 7.02. The van der Waals surface area contributed by atoms with E-state index in [-0.39, 0.29) is 17.7 Å². The van der Waals surface area contributed by atoms with E-state index in [1.54, 1.807) is 79.8 Å². The first kappa shape index (κ1) is 21.1. The number of anilines is 3. The van der Waals surface area contributed by atoms with E-state index in [0.717, 1.165) is 0 Å². The molecule has 7 heteroatoms. The third-order valence-electron chi connectivity index (χ3n) is 4.51. The molecule has 0 atom stereocenters. The lowest BCUT2D eigenvalue weighted by Gasteiger charge is -2.15. The number of carbonyl (C=O) groups excluding carboxylic acids is 3. The zero-order chi connectivity index (χ0) is 21.7. The topological polar surface area (TPSA) is 78.5 Å². The summed E-state index contributed by atoms with van der Waals surface area (Å²) in [6.45, 7) is 1.46. The summed E-state index contributed by atoms with van der Waals surface area (Å²) in [4.78, 5) is 38.3. The molecule has 152 valence electrons. The molecule has 3 rings (SSSR count). The molecule has 6 nitrogen and oxygen atoms in total. The fraction of sp³-hybridized carbons (Fsp3) is 0.0870. The van der Waals surface area contributed by atoms with Crippen LogP contribution in [0.25, 0.3) is 0 Å². The van der Waals surface area contributed by atoms with Crippen LogP contribution in [0.15, 0.2) is 72.8 Å². The molecule has 0 aliphatic rings. The van der Waals surface area contributed by atoms with Crippen molar-refractivity contribution in [2.45, 2.75) is 6.92 Å². The highest BCUT2D eigenvalue weighted by molar-refractivity contribution is 6.30. The van der Waals surface area contributed by atoms with Crippen LogP contribution in [0.4, 0.5) is 17.1 Å². The van der Waals surface area contributed by atoms with Crippen molar-refractivity contribution in [3.8, 4) is 0 Å². The summed E-state index contributed by atoms with van der Waals surface area (Å²) >= 11 is 5.87. The Labute approximate surface area is 179 Å². The lowest BCUT2D eigenvalue weighted by molar-refractivity contribution is -0.116. The Kier molecular flexibility index (Phi) is 6.49. The van der Waals surface area contributed by atoms with Gasteiger partial charge in [0.25, 0.3) is 11.8 Å². The lowest BCUT2D eigenvalue weighted by atomic mass is 10.1. The minimum absolute atomic E-state index is 0.104. The third-order valence-corrected chi connectivity index (χ3v) is 4.76.